The summed E-state index contributed by atoms with van der Waals surface area (Å²) in [6, 6.07) is 4.44. The van der Waals surface area contributed by atoms with E-state index in [1.54, 1.807) is 6.07 Å². The lowest BCUT2D eigenvalue weighted by atomic mass is 10.0. The van der Waals surface area contributed by atoms with Crippen molar-refractivity contribution in [2.45, 2.75) is 26.3 Å². The highest BCUT2D eigenvalue weighted by Gasteiger charge is 2.17. The van der Waals surface area contributed by atoms with Crippen LogP contribution < -0.4 is 5.32 Å². The summed E-state index contributed by atoms with van der Waals surface area (Å²) in [7, 11) is 0. The van der Waals surface area contributed by atoms with Gasteiger partial charge < -0.3 is 5.32 Å². The lowest BCUT2D eigenvalue weighted by Crippen LogP contribution is -2.37. The number of nitrogens with one attached hydrogen (secondary N) is 1. The maximum absolute atomic E-state index is 13.6. The van der Waals surface area contributed by atoms with Crippen LogP contribution in [0, 0.1) is 11.7 Å². The number of carbonyl (C=O) groups is 1. The van der Waals surface area contributed by atoms with E-state index in [9.17, 15) is 9.18 Å². The summed E-state index contributed by atoms with van der Waals surface area (Å²) in [6.07, 6.45) is 0.856. The molecular formula is C13H16Br2FNO. The van der Waals surface area contributed by atoms with Gasteiger partial charge in [0, 0.05) is 15.8 Å². The number of benzene rings is 1. The maximum Gasteiger partial charge on any atom is 0.254 e. The summed E-state index contributed by atoms with van der Waals surface area (Å²) < 4.78 is 14.2. The maximum atomic E-state index is 13.6. The smallest absolute Gasteiger partial charge is 0.254 e. The Morgan fingerprint density at radius 3 is 2.61 bits per heavy atom. The number of alkyl halides is 1. The standard InChI is InChI=1S/C13H16Br2FNO/c1-8(2)5-10(7-14)17-13(18)11-4-3-9(15)6-12(11)16/h3-4,6,8,10H,5,7H2,1-2H3,(H,17,18). The van der Waals surface area contributed by atoms with E-state index >= 15 is 0 Å². The molecule has 1 N–H and O–H groups in total. The van der Waals surface area contributed by atoms with Crippen LogP contribution in [-0.4, -0.2) is 17.3 Å². The fourth-order valence-electron chi connectivity index (χ4n) is 1.67. The van der Waals surface area contributed by atoms with Gasteiger partial charge in [-0.1, -0.05) is 45.7 Å². The van der Waals surface area contributed by atoms with Crippen molar-refractivity contribution in [3.05, 3.63) is 34.1 Å². The molecule has 0 saturated heterocycles. The molecule has 0 radical (unpaired) electrons. The minimum Gasteiger partial charge on any atom is -0.348 e. The Bertz CT molecular complexity index is 423. The number of rotatable bonds is 5. The molecule has 0 spiro atoms. The van der Waals surface area contributed by atoms with Crippen molar-refractivity contribution >= 4 is 37.8 Å². The van der Waals surface area contributed by atoms with Crippen molar-refractivity contribution < 1.29 is 9.18 Å². The van der Waals surface area contributed by atoms with Crippen molar-refractivity contribution in [1.82, 2.24) is 5.32 Å². The van der Waals surface area contributed by atoms with Gasteiger partial charge in [-0.15, -0.1) is 0 Å². The van der Waals surface area contributed by atoms with Crippen molar-refractivity contribution in [2.75, 3.05) is 5.33 Å². The highest BCUT2D eigenvalue weighted by molar-refractivity contribution is 9.10. The molecule has 5 heteroatoms. The Morgan fingerprint density at radius 1 is 1.44 bits per heavy atom. The normalized spacial score (nSPS) is 12.6. The van der Waals surface area contributed by atoms with Gasteiger partial charge >= 0.3 is 0 Å². The lowest BCUT2D eigenvalue weighted by molar-refractivity contribution is 0.0933. The first-order chi connectivity index (χ1) is 8.43. The highest BCUT2D eigenvalue weighted by Crippen LogP contribution is 2.16. The van der Waals surface area contributed by atoms with Crippen LogP contribution in [0.4, 0.5) is 4.39 Å². The van der Waals surface area contributed by atoms with Gasteiger partial charge in [0.1, 0.15) is 5.82 Å². The molecule has 0 heterocycles. The fraction of sp³-hybridized carbons (Fsp3) is 0.462. The topological polar surface area (TPSA) is 29.1 Å². The molecule has 0 aliphatic heterocycles. The third kappa shape index (κ3) is 4.69. The van der Waals surface area contributed by atoms with Gasteiger partial charge in [0.15, 0.2) is 0 Å². The molecule has 100 valence electrons. The highest BCUT2D eigenvalue weighted by atomic mass is 79.9. The molecule has 2 nitrogen and oxygen atoms in total. The van der Waals surface area contributed by atoms with E-state index in [-0.39, 0.29) is 17.5 Å². The molecule has 1 atom stereocenters. The van der Waals surface area contributed by atoms with Crippen molar-refractivity contribution in [2.24, 2.45) is 5.92 Å². The minimum absolute atomic E-state index is 0.0144. The van der Waals surface area contributed by atoms with Crippen LogP contribution in [0.3, 0.4) is 0 Å². The van der Waals surface area contributed by atoms with Crippen LogP contribution >= 0.6 is 31.9 Å². The molecule has 0 bridgehead atoms. The molecule has 1 aromatic carbocycles. The molecular weight excluding hydrogens is 365 g/mol. The third-order valence-corrected chi connectivity index (χ3v) is 3.73. The fourth-order valence-corrected chi connectivity index (χ4v) is 2.43. The van der Waals surface area contributed by atoms with Gasteiger partial charge in [0.2, 0.25) is 0 Å². The van der Waals surface area contributed by atoms with E-state index in [1.165, 1.54) is 12.1 Å². The Hall–Kier alpha value is -0.420. The molecule has 1 unspecified atom stereocenters. The van der Waals surface area contributed by atoms with Crippen LogP contribution in [0.1, 0.15) is 30.6 Å². The second-order valence-electron chi connectivity index (χ2n) is 4.58. The summed E-state index contributed by atoms with van der Waals surface area (Å²) in [6.45, 7) is 4.17. The Kier molecular flexibility index (Phi) is 6.29. The first-order valence-corrected chi connectivity index (χ1v) is 7.67. The van der Waals surface area contributed by atoms with Gasteiger partial charge in [-0.2, -0.15) is 0 Å². The molecule has 0 fully saturated rings. The Morgan fingerprint density at radius 2 is 2.11 bits per heavy atom. The van der Waals surface area contributed by atoms with Crippen LogP contribution in [0.5, 0.6) is 0 Å². The SMILES string of the molecule is CC(C)CC(CBr)NC(=O)c1ccc(Br)cc1F. The first-order valence-electron chi connectivity index (χ1n) is 5.76. The molecule has 0 aromatic heterocycles. The van der Waals surface area contributed by atoms with Gasteiger partial charge in [-0.25, -0.2) is 4.39 Å². The average Bonchev–Trinajstić information content (AvgIpc) is 2.27. The second-order valence-corrected chi connectivity index (χ2v) is 6.14. The van der Waals surface area contributed by atoms with Crippen molar-refractivity contribution in [3.8, 4) is 0 Å². The summed E-state index contributed by atoms with van der Waals surface area (Å²) >= 11 is 6.52. The van der Waals surface area contributed by atoms with Crippen LogP contribution in [0.15, 0.2) is 22.7 Å². The van der Waals surface area contributed by atoms with Crippen LogP contribution in [-0.2, 0) is 0 Å². The van der Waals surface area contributed by atoms with Crippen molar-refractivity contribution in [3.63, 3.8) is 0 Å². The van der Waals surface area contributed by atoms with E-state index < -0.39 is 5.82 Å². The van der Waals surface area contributed by atoms with Gasteiger partial charge in [-0.3, -0.25) is 4.79 Å². The molecule has 18 heavy (non-hydrogen) atoms. The van der Waals surface area contributed by atoms with E-state index in [0.29, 0.717) is 15.7 Å². The number of halogens is 3. The Labute approximate surface area is 124 Å². The molecule has 1 aromatic rings. The van der Waals surface area contributed by atoms with Gasteiger partial charge in [0.05, 0.1) is 5.56 Å². The zero-order valence-corrected chi connectivity index (χ0v) is 13.5. The zero-order valence-electron chi connectivity index (χ0n) is 10.3. The van der Waals surface area contributed by atoms with Crippen LogP contribution in [0.25, 0.3) is 0 Å². The number of carbonyl (C=O) groups excluding carboxylic acids is 1. The van der Waals surface area contributed by atoms with E-state index in [0.717, 1.165) is 6.42 Å². The van der Waals surface area contributed by atoms with Crippen molar-refractivity contribution in [1.29, 1.82) is 0 Å². The van der Waals surface area contributed by atoms with Crippen LogP contribution in [0.2, 0.25) is 0 Å². The second kappa shape index (κ2) is 7.24. The summed E-state index contributed by atoms with van der Waals surface area (Å²) in [5.74, 6) is -0.410. The monoisotopic (exact) mass is 379 g/mol. The summed E-state index contributed by atoms with van der Waals surface area (Å²) in [4.78, 5) is 11.9. The third-order valence-electron chi connectivity index (χ3n) is 2.45. The molecule has 0 aliphatic rings. The summed E-state index contributed by atoms with van der Waals surface area (Å²) in [5, 5.41) is 3.50. The lowest BCUT2D eigenvalue weighted by Gasteiger charge is -2.18. The quantitative estimate of drug-likeness (QED) is 0.764. The van der Waals surface area contributed by atoms with E-state index in [2.05, 4.69) is 51.0 Å². The molecule has 0 saturated carbocycles. The van der Waals surface area contributed by atoms with Gasteiger partial charge in [0.25, 0.3) is 5.91 Å². The molecule has 0 aliphatic carbocycles. The Balaban J connectivity index is 2.74. The zero-order chi connectivity index (χ0) is 13.7. The predicted molar refractivity (Wildman–Crippen MR) is 78.6 cm³/mol. The average molecular weight is 381 g/mol. The first kappa shape index (κ1) is 15.6. The molecule has 1 rings (SSSR count). The largest absolute Gasteiger partial charge is 0.348 e. The van der Waals surface area contributed by atoms with E-state index in [1.807, 2.05) is 0 Å². The van der Waals surface area contributed by atoms with E-state index in [4.69, 9.17) is 0 Å². The minimum atomic E-state index is -0.514. The number of hydrogen-bond donors (Lipinski definition) is 1. The summed E-state index contributed by atoms with van der Waals surface area (Å²) in [5.41, 5.74) is 0.0768. The molecule has 1 amide bonds. The number of amides is 1. The number of hydrogen-bond acceptors (Lipinski definition) is 1. The van der Waals surface area contributed by atoms with Gasteiger partial charge in [-0.05, 0) is 30.5 Å². The predicted octanol–water partition coefficient (Wildman–Crippen LogP) is 4.13.